The van der Waals surface area contributed by atoms with Crippen molar-refractivity contribution in [1.82, 2.24) is 14.8 Å². The highest BCUT2D eigenvalue weighted by atomic mass is 16.1. The second kappa shape index (κ2) is 6.17. The number of benzene rings is 1. The number of pyridine rings is 1. The number of anilines is 1. The number of nitrogens with zero attached hydrogens (tertiary/aromatic N) is 3. The summed E-state index contributed by atoms with van der Waals surface area (Å²) >= 11 is 0. The van der Waals surface area contributed by atoms with Crippen molar-refractivity contribution in [2.75, 3.05) is 5.32 Å². The van der Waals surface area contributed by atoms with Crippen molar-refractivity contribution in [2.45, 2.75) is 19.4 Å². The number of nitrogens with one attached hydrogen (secondary N) is 1. The van der Waals surface area contributed by atoms with Crippen molar-refractivity contribution in [1.29, 1.82) is 0 Å². The number of amides is 1. The van der Waals surface area contributed by atoms with Gasteiger partial charge in [-0.1, -0.05) is 18.2 Å². The van der Waals surface area contributed by atoms with Crippen LogP contribution < -0.4 is 5.32 Å². The van der Waals surface area contributed by atoms with Gasteiger partial charge in [-0.2, -0.15) is 5.10 Å². The lowest BCUT2D eigenvalue weighted by Gasteiger charge is -2.08. The van der Waals surface area contributed by atoms with Crippen LogP contribution in [0.25, 0.3) is 10.9 Å². The molecule has 0 aliphatic heterocycles. The molecule has 2 aromatic heterocycles. The maximum atomic E-state index is 12.0. The Morgan fingerprint density at radius 1 is 1.14 bits per heavy atom. The van der Waals surface area contributed by atoms with Gasteiger partial charge >= 0.3 is 0 Å². The molecule has 0 fully saturated rings. The monoisotopic (exact) mass is 280 g/mol. The molecule has 3 aromatic rings. The van der Waals surface area contributed by atoms with Gasteiger partial charge in [-0.05, 0) is 24.6 Å². The lowest BCUT2D eigenvalue weighted by molar-refractivity contribution is -0.116. The molecule has 0 aliphatic carbocycles. The minimum atomic E-state index is 0.000286. The number of carbonyl (C=O) groups is 1. The Hall–Kier alpha value is -2.69. The highest BCUT2D eigenvalue weighted by Crippen LogP contribution is 2.20. The van der Waals surface area contributed by atoms with Gasteiger partial charge in [-0.3, -0.25) is 14.5 Å². The van der Waals surface area contributed by atoms with Crippen LogP contribution in [-0.4, -0.2) is 20.7 Å². The van der Waals surface area contributed by atoms with Gasteiger partial charge in [0.05, 0.1) is 11.2 Å². The van der Waals surface area contributed by atoms with Crippen molar-refractivity contribution in [3.05, 3.63) is 55.0 Å². The summed E-state index contributed by atoms with van der Waals surface area (Å²) in [5.74, 6) is 0.000286. The van der Waals surface area contributed by atoms with Crippen LogP contribution in [0.2, 0.25) is 0 Å². The predicted molar refractivity (Wildman–Crippen MR) is 81.8 cm³/mol. The van der Waals surface area contributed by atoms with Gasteiger partial charge in [0.2, 0.25) is 5.91 Å². The summed E-state index contributed by atoms with van der Waals surface area (Å²) in [4.78, 5) is 16.3. The maximum absolute atomic E-state index is 12.0. The van der Waals surface area contributed by atoms with E-state index in [9.17, 15) is 4.79 Å². The van der Waals surface area contributed by atoms with E-state index in [0.717, 1.165) is 29.6 Å². The van der Waals surface area contributed by atoms with Crippen LogP contribution in [0.3, 0.4) is 0 Å². The molecule has 5 heteroatoms. The molecule has 1 N–H and O–H groups in total. The molecule has 0 aliphatic rings. The average Bonchev–Trinajstić information content (AvgIpc) is 3.01. The molecule has 0 radical (unpaired) electrons. The van der Waals surface area contributed by atoms with Crippen LogP contribution in [-0.2, 0) is 11.3 Å². The normalized spacial score (nSPS) is 10.7. The molecule has 0 saturated heterocycles. The van der Waals surface area contributed by atoms with Crippen molar-refractivity contribution in [3.63, 3.8) is 0 Å². The molecule has 0 spiro atoms. The Kier molecular flexibility index (Phi) is 3.91. The Labute approximate surface area is 122 Å². The molecule has 0 bridgehead atoms. The molecule has 0 atom stereocenters. The molecular formula is C16H16N4O. The first-order valence-electron chi connectivity index (χ1n) is 6.94. The van der Waals surface area contributed by atoms with Gasteiger partial charge in [0.25, 0.3) is 0 Å². The highest BCUT2D eigenvalue weighted by molar-refractivity contribution is 6.00. The van der Waals surface area contributed by atoms with E-state index in [1.807, 2.05) is 47.3 Å². The van der Waals surface area contributed by atoms with Gasteiger partial charge < -0.3 is 5.32 Å². The van der Waals surface area contributed by atoms with Crippen molar-refractivity contribution in [2.24, 2.45) is 0 Å². The van der Waals surface area contributed by atoms with E-state index >= 15 is 0 Å². The lowest BCUT2D eigenvalue weighted by atomic mass is 10.2. The van der Waals surface area contributed by atoms with Gasteiger partial charge in [-0.15, -0.1) is 0 Å². The summed E-state index contributed by atoms with van der Waals surface area (Å²) in [6, 6.07) is 11.5. The van der Waals surface area contributed by atoms with Gasteiger partial charge in [-0.25, -0.2) is 0 Å². The Morgan fingerprint density at radius 2 is 2.05 bits per heavy atom. The van der Waals surface area contributed by atoms with Crippen LogP contribution in [0.5, 0.6) is 0 Å². The zero-order valence-electron chi connectivity index (χ0n) is 11.6. The molecule has 21 heavy (non-hydrogen) atoms. The van der Waals surface area contributed by atoms with Crippen LogP contribution in [0.1, 0.15) is 12.8 Å². The average molecular weight is 280 g/mol. The number of hydrogen-bond donors (Lipinski definition) is 1. The number of carbonyl (C=O) groups excluding carboxylic acids is 1. The summed E-state index contributed by atoms with van der Waals surface area (Å²) in [5.41, 5.74) is 1.58. The van der Waals surface area contributed by atoms with Gasteiger partial charge in [0, 0.05) is 36.9 Å². The fourth-order valence-electron chi connectivity index (χ4n) is 2.25. The van der Waals surface area contributed by atoms with Crippen molar-refractivity contribution >= 4 is 22.5 Å². The fourth-order valence-corrected chi connectivity index (χ4v) is 2.25. The van der Waals surface area contributed by atoms with Crippen molar-refractivity contribution in [3.8, 4) is 0 Å². The minimum Gasteiger partial charge on any atom is -0.324 e. The Bertz CT molecular complexity index is 732. The third-order valence-electron chi connectivity index (χ3n) is 3.26. The summed E-state index contributed by atoms with van der Waals surface area (Å²) < 4.78 is 1.83. The fraction of sp³-hybridized carbons (Fsp3) is 0.188. The number of aromatic nitrogens is 3. The molecule has 5 nitrogen and oxygen atoms in total. The molecule has 2 heterocycles. The number of aryl methyl sites for hydroxylation is 1. The molecule has 0 unspecified atom stereocenters. The largest absolute Gasteiger partial charge is 0.324 e. The third kappa shape index (κ3) is 3.25. The highest BCUT2D eigenvalue weighted by Gasteiger charge is 2.06. The van der Waals surface area contributed by atoms with Crippen molar-refractivity contribution < 1.29 is 4.79 Å². The first-order chi connectivity index (χ1) is 10.3. The molecule has 0 saturated carbocycles. The van der Waals surface area contributed by atoms with E-state index in [1.54, 1.807) is 12.4 Å². The molecule has 1 amide bonds. The zero-order valence-corrected chi connectivity index (χ0v) is 11.6. The zero-order chi connectivity index (χ0) is 14.5. The quantitative estimate of drug-likeness (QED) is 0.781. The topological polar surface area (TPSA) is 59.8 Å². The summed E-state index contributed by atoms with van der Waals surface area (Å²) in [6.07, 6.45) is 6.58. The van der Waals surface area contributed by atoms with Gasteiger partial charge in [0.1, 0.15) is 0 Å². The number of rotatable bonds is 5. The molecule has 3 rings (SSSR count). The molecule has 106 valence electrons. The Morgan fingerprint density at radius 3 is 2.90 bits per heavy atom. The predicted octanol–water partition coefficient (Wildman–Crippen LogP) is 2.85. The standard InChI is InChI=1S/C16H16N4O/c21-15(8-3-11-20-12-4-10-18-20)19-14-7-1-5-13-6-2-9-17-16(13)14/h1-2,4-7,9-10,12H,3,8,11H2,(H,19,21). The lowest BCUT2D eigenvalue weighted by Crippen LogP contribution is -2.13. The number of para-hydroxylation sites is 1. The van der Waals surface area contributed by atoms with Crippen LogP contribution in [0, 0.1) is 0 Å². The van der Waals surface area contributed by atoms with E-state index in [-0.39, 0.29) is 5.91 Å². The van der Waals surface area contributed by atoms with E-state index < -0.39 is 0 Å². The van der Waals surface area contributed by atoms with Crippen LogP contribution in [0.15, 0.2) is 55.0 Å². The first kappa shape index (κ1) is 13.3. The van der Waals surface area contributed by atoms with E-state index in [2.05, 4.69) is 15.4 Å². The molecular weight excluding hydrogens is 264 g/mol. The second-order valence-corrected chi connectivity index (χ2v) is 4.80. The SMILES string of the molecule is O=C(CCCn1cccn1)Nc1cccc2cccnc12. The van der Waals surface area contributed by atoms with E-state index in [0.29, 0.717) is 6.42 Å². The summed E-state index contributed by atoms with van der Waals surface area (Å²) in [6.45, 7) is 0.744. The van der Waals surface area contributed by atoms with Crippen LogP contribution in [0.4, 0.5) is 5.69 Å². The summed E-state index contributed by atoms with van der Waals surface area (Å²) in [7, 11) is 0. The second-order valence-electron chi connectivity index (χ2n) is 4.80. The number of fused-ring (bicyclic) bond motifs is 1. The van der Waals surface area contributed by atoms with E-state index in [1.165, 1.54) is 0 Å². The maximum Gasteiger partial charge on any atom is 0.224 e. The van der Waals surface area contributed by atoms with E-state index in [4.69, 9.17) is 0 Å². The number of hydrogen-bond acceptors (Lipinski definition) is 3. The smallest absolute Gasteiger partial charge is 0.224 e. The molecule has 1 aromatic carbocycles. The summed E-state index contributed by atoms with van der Waals surface area (Å²) in [5, 5.41) is 8.07. The van der Waals surface area contributed by atoms with Gasteiger partial charge in [0.15, 0.2) is 0 Å². The van der Waals surface area contributed by atoms with Crippen LogP contribution >= 0.6 is 0 Å². The third-order valence-corrected chi connectivity index (χ3v) is 3.26. The first-order valence-corrected chi connectivity index (χ1v) is 6.94. The minimum absolute atomic E-state index is 0.000286. The Balaban J connectivity index is 1.61.